The minimum absolute atomic E-state index is 0.0573. The van der Waals surface area contributed by atoms with E-state index in [4.69, 9.17) is 9.47 Å². The van der Waals surface area contributed by atoms with E-state index in [1.165, 1.54) is 0 Å². The lowest BCUT2D eigenvalue weighted by Gasteiger charge is -2.14. The standard InChI is InChI=1S/C23H19IN2O4S/c1-3-9-30-21-18(24)10-15(11-19(21)29-4-2)12-20-22(27)26(23(28)31-20)14-17-8-6-5-7-16(17)13-25/h3,5-8,10-12H,1,4,9,14H2,2H3/b20-12+. The molecule has 0 aliphatic carbocycles. The molecule has 2 amide bonds. The van der Waals surface area contributed by atoms with Gasteiger partial charge in [-0.3, -0.25) is 14.5 Å². The fourth-order valence-corrected chi connectivity index (χ4v) is 4.56. The van der Waals surface area contributed by atoms with Crippen molar-refractivity contribution in [2.24, 2.45) is 0 Å². The Hall–Kier alpha value is -2.77. The number of carbonyl (C=O) groups is 2. The van der Waals surface area contributed by atoms with Crippen molar-refractivity contribution in [1.82, 2.24) is 4.90 Å². The van der Waals surface area contributed by atoms with E-state index in [1.54, 1.807) is 42.5 Å². The molecule has 0 unspecified atom stereocenters. The molecule has 0 saturated carbocycles. The van der Waals surface area contributed by atoms with E-state index in [0.717, 1.165) is 25.8 Å². The van der Waals surface area contributed by atoms with E-state index < -0.39 is 0 Å². The topological polar surface area (TPSA) is 79.6 Å². The van der Waals surface area contributed by atoms with Gasteiger partial charge in [0, 0.05) is 0 Å². The number of rotatable bonds is 8. The summed E-state index contributed by atoms with van der Waals surface area (Å²) in [7, 11) is 0. The molecule has 158 valence electrons. The SMILES string of the molecule is C=CCOc1c(I)cc(/C=C2/SC(=O)N(Cc3ccccc3C#N)C2=O)cc1OCC. The summed E-state index contributed by atoms with van der Waals surface area (Å²) < 4.78 is 12.2. The Labute approximate surface area is 198 Å². The summed E-state index contributed by atoms with van der Waals surface area (Å²) in [5.41, 5.74) is 1.80. The van der Waals surface area contributed by atoms with Crippen LogP contribution in [0.15, 0.2) is 54.0 Å². The molecule has 1 saturated heterocycles. The summed E-state index contributed by atoms with van der Waals surface area (Å²) in [6.07, 6.45) is 3.32. The van der Waals surface area contributed by atoms with Crippen LogP contribution in [0.2, 0.25) is 0 Å². The number of hydrogen-bond donors (Lipinski definition) is 0. The van der Waals surface area contributed by atoms with Gasteiger partial charge in [0.05, 0.1) is 33.3 Å². The largest absolute Gasteiger partial charge is 0.490 e. The number of nitriles is 1. The molecule has 0 atom stereocenters. The number of thioether (sulfide) groups is 1. The number of imide groups is 1. The maximum absolute atomic E-state index is 12.9. The third-order valence-corrected chi connectivity index (χ3v) is 6.02. The molecule has 1 fully saturated rings. The molecule has 3 rings (SSSR count). The number of carbonyl (C=O) groups excluding carboxylic acids is 2. The summed E-state index contributed by atoms with van der Waals surface area (Å²) in [6, 6.07) is 12.7. The number of hydrogen-bond acceptors (Lipinski definition) is 6. The van der Waals surface area contributed by atoms with Crippen molar-refractivity contribution in [3.8, 4) is 17.6 Å². The highest BCUT2D eigenvalue weighted by Gasteiger charge is 2.35. The highest BCUT2D eigenvalue weighted by molar-refractivity contribution is 14.1. The van der Waals surface area contributed by atoms with Crippen molar-refractivity contribution in [3.05, 3.63) is 74.2 Å². The van der Waals surface area contributed by atoms with Crippen molar-refractivity contribution in [2.75, 3.05) is 13.2 Å². The first-order valence-corrected chi connectivity index (χ1v) is 11.3. The number of amides is 2. The lowest BCUT2D eigenvalue weighted by Crippen LogP contribution is -2.27. The lowest BCUT2D eigenvalue weighted by atomic mass is 10.1. The van der Waals surface area contributed by atoms with E-state index >= 15 is 0 Å². The van der Waals surface area contributed by atoms with Gasteiger partial charge in [0.25, 0.3) is 11.1 Å². The van der Waals surface area contributed by atoms with Gasteiger partial charge in [-0.2, -0.15) is 5.26 Å². The number of benzene rings is 2. The Morgan fingerprint density at radius 2 is 2.03 bits per heavy atom. The second-order valence-electron chi connectivity index (χ2n) is 6.40. The van der Waals surface area contributed by atoms with E-state index in [1.807, 2.05) is 13.0 Å². The molecule has 0 aromatic heterocycles. The Kier molecular flexibility index (Phi) is 7.76. The first kappa shape index (κ1) is 22.9. The van der Waals surface area contributed by atoms with Crippen molar-refractivity contribution in [3.63, 3.8) is 0 Å². The van der Waals surface area contributed by atoms with Crippen molar-refractivity contribution >= 4 is 51.6 Å². The Balaban J connectivity index is 1.88. The van der Waals surface area contributed by atoms with Crippen LogP contribution in [0.1, 0.15) is 23.6 Å². The zero-order chi connectivity index (χ0) is 22.4. The predicted octanol–water partition coefficient (Wildman–Crippen LogP) is 5.36. The normalized spacial score (nSPS) is 14.6. The molecule has 0 radical (unpaired) electrons. The van der Waals surface area contributed by atoms with Crippen LogP contribution in [-0.2, 0) is 11.3 Å². The Morgan fingerprint density at radius 3 is 2.74 bits per heavy atom. The van der Waals surface area contributed by atoms with E-state index in [2.05, 4.69) is 35.2 Å². The predicted molar refractivity (Wildman–Crippen MR) is 129 cm³/mol. The molecule has 1 aliphatic rings. The maximum atomic E-state index is 12.9. The van der Waals surface area contributed by atoms with Crippen LogP contribution in [0.25, 0.3) is 6.08 Å². The monoisotopic (exact) mass is 546 g/mol. The summed E-state index contributed by atoms with van der Waals surface area (Å²) in [5.74, 6) is 0.785. The smallest absolute Gasteiger partial charge is 0.293 e. The Morgan fingerprint density at radius 1 is 1.26 bits per heavy atom. The third-order valence-electron chi connectivity index (χ3n) is 4.31. The summed E-state index contributed by atoms with van der Waals surface area (Å²) in [6.45, 7) is 6.39. The van der Waals surface area contributed by atoms with E-state index in [-0.39, 0.29) is 17.7 Å². The van der Waals surface area contributed by atoms with Crippen LogP contribution < -0.4 is 9.47 Å². The molecule has 0 spiro atoms. The molecular formula is C23H19IN2O4S. The van der Waals surface area contributed by atoms with Gasteiger partial charge >= 0.3 is 0 Å². The van der Waals surface area contributed by atoms with E-state index in [9.17, 15) is 14.9 Å². The number of ether oxygens (including phenoxy) is 2. The van der Waals surface area contributed by atoms with Gasteiger partial charge in [0.1, 0.15) is 6.61 Å². The molecule has 8 heteroatoms. The van der Waals surface area contributed by atoms with Crippen LogP contribution in [-0.4, -0.2) is 29.3 Å². The van der Waals surface area contributed by atoms with Crippen LogP contribution in [0.5, 0.6) is 11.5 Å². The van der Waals surface area contributed by atoms with Gasteiger partial charge in [-0.1, -0.05) is 30.9 Å². The van der Waals surface area contributed by atoms with Crippen LogP contribution in [0.4, 0.5) is 4.79 Å². The molecule has 6 nitrogen and oxygen atoms in total. The molecule has 0 N–H and O–H groups in total. The quantitative estimate of drug-likeness (QED) is 0.252. The second-order valence-corrected chi connectivity index (χ2v) is 8.55. The van der Waals surface area contributed by atoms with Crippen LogP contribution in [0.3, 0.4) is 0 Å². The first-order valence-electron chi connectivity index (χ1n) is 9.41. The molecule has 1 aliphatic heterocycles. The van der Waals surface area contributed by atoms with Crippen LogP contribution in [0, 0.1) is 14.9 Å². The van der Waals surface area contributed by atoms with Gasteiger partial charge < -0.3 is 9.47 Å². The third kappa shape index (κ3) is 5.29. The van der Waals surface area contributed by atoms with Crippen LogP contribution >= 0.6 is 34.4 Å². The van der Waals surface area contributed by atoms with Gasteiger partial charge in [0.2, 0.25) is 0 Å². The summed E-state index contributed by atoms with van der Waals surface area (Å²) in [4.78, 5) is 26.9. The van der Waals surface area contributed by atoms with E-state index in [0.29, 0.717) is 40.7 Å². The molecular weight excluding hydrogens is 527 g/mol. The molecule has 2 aromatic carbocycles. The minimum atomic E-state index is -0.386. The number of nitrogens with zero attached hydrogens (tertiary/aromatic N) is 2. The average Bonchev–Trinajstić information content (AvgIpc) is 3.01. The maximum Gasteiger partial charge on any atom is 0.293 e. The van der Waals surface area contributed by atoms with Crippen molar-refractivity contribution in [1.29, 1.82) is 5.26 Å². The molecule has 31 heavy (non-hydrogen) atoms. The minimum Gasteiger partial charge on any atom is -0.490 e. The van der Waals surface area contributed by atoms with Gasteiger partial charge in [-0.25, -0.2) is 0 Å². The summed E-state index contributed by atoms with van der Waals surface area (Å²) >= 11 is 3.03. The number of halogens is 1. The highest BCUT2D eigenvalue weighted by atomic mass is 127. The van der Waals surface area contributed by atoms with Crippen molar-refractivity contribution < 1.29 is 19.1 Å². The molecule has 1 heterocycles. The summed E-state index contributed by atoms with van der Waals surface area (Å²) in [5, 5.41) is 8.89. The fraction of sp³-hybridized carbons (Fsp3) is 0.174. The average molecular weight is 546 g/mol. The molecule has 0 bridgehead atoms. The fourth-order valence-electron chi connectivity index (χ4n) is 2.94. The first-order chi connectivity index (χ1) is 15.0. The Bertz CT molecular complexity index is 1110. The lowest BCUT2D eigenvalue weighted by molar-refractivity contribution is -0.123. The van der Waals surface area contributed by atoms with Gasteiger partial charge in [-0.05, 0) is 76.7 Å². The van der Waals surface area contributed by atoms with Gasteiger partial charge in [0.15, 0.2) is 11.5 Å². The zero-order valence-corrected chi connectivity index (χ0v) is 19.7. The zero-order valence-electron chi connectivity index (χ0n) is 16.8. The molecule has 2 aromatic rings. The van der Waals surface area contributed by atoms with Gasteiger partial charge in [-0.15, -0.1) is 0 Å². The second kappa shape index (κ2) is 10.5. The highest BCUT2D eigenvalue weighted by Crippen LogP contribution is 2.38. The van der Waals surface area contributed by atoms with Crippen molar-refractivity contribution in [2.45, 2.75) is 13.5 Å².